The lowest BCUT2D eigenvalue weighted by Gasteiger charge is -2.16. The van der Waals surface area contributed by atoms with Crippen molar-refractivity contribution < 1.29 is 19.4 Å². The quantitative estimate of drug-likeness (QED) is 0.710. The minimum atomic E-state index is -0.782. The van der Waals surface area contributed by atoms with Crippen molar-refractivity contribution in [3.8, 4) is 11.5 Å². The van der Waals surface area contributed by atoms with E-state index in [4.69, 9.17) is 14.6 Å². The van der Waals surface area contributed by atoms with Crippen LogP contribution in [0.2, 0.25) is 0 Å². The van der Waals surface area contributed by atoms with Gasteiger partial charge in [0.2, 0.25) is 0 Å². The lowest BCUT2D eigenvalue weighted by Crippen LogP contribution is -2.15. The zero-order chi connectivity index (χ0) is 18.2. The summed E-state index contributed by atoms with van der Waals surface area (Å²) < 4.78 is 11.6. The van der Waals surface area contributed by atoms with Crippen molar-refractivity contribution in [2.75, 3.05) is 6.61 Å². The highest BCUT2D eigenvalue weighted by molar-refractivity contribution is 5.67. The summed E-state index contributed by atoms with van der Waals surface area (Å²) in [5.74, 6) is 0.878. The molecule has 2 aromatic rings. The summed E-state index contributed by atoms with van der Waals surface area (Å²) in [4.78, 5) is 10.8. The Morgan fingerprint density at radius 2 is 1.80 bits per heavy atom. The summed E-state index contributed by atoms with van der Waals surface area (Å²) in [5.41, 5.74) is 2.18. The van der Waals surface area contributed by atoms with E-state index in [1.54, 1.807) is 0 Å². The summed E-state index contributed by atoms with van der Waals surface area (Å²) in [5, 5.41) is 8.85. The predicted octanol–water partition coefficient (Wildman–Crippen LogP) is 4.81. The highest BCUT2D eigenvalue weighted by atomic mass is 16.5. The Bertz CT molecular complexity index is 679. The van der Waals surface area contributed by atoms with Gasteiger partial charge in [0, 0.05) is 6.42 Å². The van der Waals surface area contributed by atoms with Crippen molar-refractivity contribution >= 4 is 5.97 Å². The lowest BCUT2D eigenvalue weighted by atomic mass is 9.98. The molecule has 2 rings (SSSR count). The van der Waals surface area contributed by atoms with Crippen molar-refractivity contribution in [2.24, 2.45) is 0 Å². The number of aliphatic carboxylic acids is 1. The monoisotopic (exact) mass is 342 g/mol. The topological polar surface area (TPSA) is 55.8 Å². The van der Waals surface area contributed by atoms with Crippen molar-refractivity contribution in [1.29, 1.82) is 0 Å². The SMILES string of the molecule is Cc1cccc(O[C@@H](C)CCOc2ccc(C(C)CC(=O)O)cc2)c1. The number of hydrogen-bond donors (Lipinski definition) is 1. The number of carboxylic acid groups (broad SMARTS) is 1. The van der Waals surface area contributed by atoms with E-state index in [1.807, 2.05) is 69.3 Å². The van der Waals surface area contributed by atoms with Gasteiger partial charge < -0.3 is 14.6 Å². The van der Waals surface area contributed by atoms with Crippen LogP contribution < -0.4 is 9.47 Å². The largest absolute Gasteiger partial charge is 0.493 e. The number of rotatable bonds is 9. The Morgan fingerprint density at radius 3 is 2.44 bits per heavy atom. The van der Waals surface area contributed by atoms with Crippen molar-refractivity contribution in [1.82, 2.24) is 0 Å². The Morgan fingerprint density at radius 1 is 1.08 bits per heavy atom. The maximum absolute atomic E-state index is 10.8. The second-order valence-corrected chi connectivity index (χ2v) is 6.45. The second kappa shape index (κ2) is 9.11. The molecule has 1 unspecified atom stereocenters. The average Bonchev–Trinajstić information content (AvgIpc) is 2.55. The molecule has 2 aromatic carbocycles. The van der Waals surface area contributed by atoms with E-state index in [0.29, 0.717) is 6.61 Å². The number of hydrogen-bond acceptors (Lipinski definition) is 3. The van der Waals surface area contributed by atoms with E-state index in [-0.39, 0.29) is 18.4 Å². The van der Waals surface area contributed by atoms with Gasteiger partial charge in [-0.05, 0) is 55.2 Å². The van der Waals surface area contributed by atoms with Gasteiger partial charge in [-0.15, -0.1) is 0 Å². The summed E-state index contributed by atoms with van der Waals surface area (Å²) >= 11 is 0. The van der Waals surface area contributed by atoms with Crippen LogP contribution in [0.1, 0.15) is 43.7 Å². The van der Waals surface area contributed by atoms with Crippen LogP contribution in [0.25, 0.3) is 0 Å². The Kier molecular flexibility index (Phi) is 6.87. The number of ether oxygens (including phenoxy) is 2. The average molecular weight is 342 g/mol. The van der Waals surface area contributed by atoms with Crippen LogP contribution in [-0.2, 0) is 4.79 Å². The van der Waals surface area contributed by atoms with Crippen LogP contribution in [-0.4, -0.2) is 23.8 Å². The molecule has 0 aliphatic rings. The van der Waals surface area contributed by atoms with Gasteiger partial charge >= 0.3 is 5.97 Å². The molecule has 4 heteroatoms. The maximum atomic E-state index is 10.8. The van der Waals surface area contributed by atoms with Gasteiger partial charge in [-0.1, -0.05) is 31.2 Å². The molecule has 0 aromatic heterocycles. The normalized spacial score (nSPS) is 13.1. The van der Waals surface area contributed by atoms with Gasteiger partial charge in [0.25, 0.3) is 0 Å². The number of benzene rings is 2. The second-order valence-electron chi connectivity index (χ2n) is 6.45. The van der Waals surface area contributed by atoms with Crippen LogP contribution in [0.5, 0.6) is 11.5 Å². The predicted molar refractivity (Wildman–Crippen MR) is 98.5 cm³/mol. The minimum Gasteiger partial charge on any atom is -0.493 e. The van der Waals surface area contributed by atoms with E-state index in [1.165, 1.54) is 5.56 Å². The fraction of sp³-hybridized carbons (Fsp3) is 0.381. The molecule has 2 atom stereocenters. The van der Waals surface area contributed by atoms with Gasteiger partial charge in [0.1, 0.15) is 11.5 Å². The molecule has 0 amide bonds. The van der Waals surface area contributed by atoms with Crippen LogP contribution in [0.4, 0.5) is 0 Å². The number of carbonyl (C=O) groups is 1. The molecule has 134 valence electrons. The minimum absolute atomic E-state index is 0.00528. The maximum Gasteiger partial charge on any atom is 0.303 e. The smallest absolute Gasteiger partial charge is 0.303 e. The van der Waals surface area contributed by atoms with Crippen LogP contribution in [0.15, 0.2) is 48.5 Å². The molecule has 0 bridgehead atoms. The lowest BCUT2D eigenvalue weighted by molar-refractivity contribution is -0.137. The van der Waals surface area contributed by atoms with Gasteiger partial charge in [-0.2, -0.15) is 0 Å². The molecule has 0 aliphatic heterocycles. The summed E-state index contributed by atoms with van der Waals surface area (Å²) in [6.07, 6.45) is 0.982. The molecule has 25 heavy (non-hydrogen) atoms. The molecular formula is C21H26O4. The van der Waals surface area contributed by atoms with E-state index in [2.05, 4.69) is 0 Å². The molecule has 0 saturated carbocycles. The van der Waals surface area contributed by atoms with Crippen LogP contribution >= 0.6 is 0 Å². The van der Waals surface area contributed by atoms with Crippen LogP contribution in [0, 0.1) is 6.92 Å². The first-order valence-electron chi connectivity index (χ1n) is 8.62. The molecule has 0 heterocycles. The Balaban J connectivity index is 1.76. The molecule has 0 aliphatic carbocycles. The van der Waals surface area contributed by atoms with E-state index < -0.39 is 5.97 Å². The number of aryl methyl sites for hydroxylation is 1. The Labute approximate surface area is 149 Å². The molecule has 4 nitrogen and oxygen atoms in total. The van der Waals surface area contributed by atoms with Gasteiger partial charge in [0.05, 0.1) is 19.1 Å². The molecule has 0 fully saturated rings. The fourth-order valence-corrected chi connectivity index (χ4v) is 2.59. The third-order valence-electron chi connectivity index (χ3n) is 4.05. The first-order valence-corrected chi connectivity index (χ1v) is 8.62. The fourth-order valence-electron chi connectivity index (χ4n) is 2.59. The van der Waals surface area contributed by atoms with Gasteiger partial charge in [-0.25, -0.2) is 0 Å². The van der Waals surface area contributed by atoms with E-state index >= 15 is 0 Å². The third kappa shape index (κ3) is 6.49. The highest BCUT2D eigenvalue weighted by Gasteiger charge is 2.10. The molecule has 0 saturated heterocycles. The first-order chi connectivity index (χ1) is 11.9. The molecule has 0 radical (unpaired) electrons. The third-order valence-corrected chi connectivity index (χ3v) is 4.05. The highest BCUT2D eigenvalue weighted by Crippen LogP contribution is 2.22. The summed E-state index contributed by atoms with van der Waals surface area (Å²) in [7, 11) is 0. The molecular weight excluding hydrogens is 316 g/mol. The first kappa shape index (κ1) is 18.8. The molecule has 0 spiro atoms. The van der Waals surface area contributed by atoms with Crippen LogP contribution in [0.3, 0.4) is 0 Å². The van der Waals surface area contributed by atoms with E-state index in [0.717, 1.165) is 23.5 Å². The van der Waals surface area contributed by atoms with Crippen molar-refractivity contribution in [2.45, 2.75) is 45.6 Å². The standard InChI is InChI=1S/C21H26O4/c1-15-5-4-6-20(13-15)25-17(3)11-12-24-19-9-7-18(8-10-19)16(2)14-21(22)23/h4-10,13,16-17H,11-12,14H2,1-3H3,(H,22,23)/t16?,17-/m0/s1. The van der Waals surface area contributed by atoms with Crippen molar-refractivity contribution in [3.63, 3.8) is 0 Å². The zero-order valence-electron chi connectivity index (χ0n) is 15.1. The van der Waals surface area contributed by atoms with E-state index in [9.17, 15) is 4.79 Å². The number of carboxylic acids is 1. The summed E-state index contributed by atoms with van der Waals surface area (Å²) in [6.45, 7) is 6.55. The molecule has 1 N–H and O–H groups in total. The summed E-state index contributed by atoms with van der Waals surface area (Å²) in [6, 6.07) is 15.6. The van der Waals surface area contributed by atoms with Gasteiger partial charge in [0.15, 0.2) is 0 Å². The Hall–Kier alpha value is -2.49. The van der Waals surface area contributed by atoms with Crippen molar-refractivity contribution in [3.05, 3.63) is 59.7 Å². The zero-order valence-corrected chi connectivity index (χ0v) is 15.1. The van der Waals surface area contributed by atoms with Gasteiger partial charge in [-0.3, -0.25) is 4.79 Å².